The van der Waals surface area contributed by atoms with Crippen LogP contribution >= 0.6 is 0 Å². The number of ketones is 1. The average Bonchev–Trinajstić information content (AvgIpc) is 2.45. The van der Waals surface area contributed by atoms with Crippen LogP contribution in [-0.2, 0) is 0 Å². The summed E-state index contributed by atoms with van der Waals surface area (Å²) in [4.78, 5) is 16.3. The van der Waals surface area contributed by atoms with Gasteiger partial charge in [0.05, 0.1) is 0 Å². The number of carbonyl (C=O) groups is 1. The van der Waals surface area contributed by atoms with Crippen molar-refractivity contribution in [3.05, 3.63) is 70.5 Å². The van der Waals surface area contributed by atoms with Gasteiger partial charge in [-0.05, 0) is 73.0 Å². The van der Waals surface area contributed by atoms with E-state index in [4.69, 9.17) is 5.26 Å². The highest BCUT2D eigenvalue weighted by Crippen LogP contribution is 2.24. The van der Waals surface area contributed by atoms with Crippen molar-refractivity contribution < 1.29 is 19.3 Å². The Bertz CT molecular complexity index is 665. The molecule has 0 amide bonds. The fourth-order valence-corrected chi connectivity index (χ4v) is 2.11. The van der Waals surface area contributed by atoms with E-state index in [9.17, 15) is 9.18 Å². The summed E-state index contributed by atoms with van der Waals surface area (Å²) in [6.07, 6.45) is 3.10. The molecule has 0 unspecified atom stereocenters. The molecule has 108 valence electrons. The SMILES string of the molecule is Cc1cc(/C=C/C(=O)c2ccc(F)cc2)cc(C)c1OO. The van der Waals surface area contributed by atoms with Gasteiger partial charge in [0.25, 0.3) is 0 Å². The summed E-state index contributed by atoms with van der Waals surface area (Å²) in [5, 5.41) is 8.78. The molecule has 0 heterocycles. The third kappa shape index (κ3) is 3.55. The molecule has 0 radical (unpaired) electrons. The van der Waals surface area contributed by atoms with Crippen LogP contribution < -0.4 is 4.89 Å². The number of aryl methyl sites for hydroxylation is 2. The Balaban J connectivity index is 2.21. The van der Waals surface area contributed by atoms with E-state index in [1.165, 1.54) is 30.3 Å². The molecule has 0 saturated carbocycles. The maximum atomic E-state index is 12.8. The number of halogens is 1. The second kappa shape index (κ2) is 6.33. The second-order valence-corrected chi connectivity index (χ2v) is 4.78. The Kier molecular flexibility index (Phi) is 4.50. The Morgan fingerprint density at radius 2 is 1.71 bits per heavy atom. The second-order valence-electron chi connectivity index (χ2n) is 4.78. The smallest absolute Gasteiger partial charge is 0.185 e. The van der Waals surface area contributed by atoms with Gasteiger partial charge in [-0.25, -0.2) is 9.65 Å². The highest BCUT2D eigenvalue weighted by Gasteiger charge is 2.06. The quantitative estimate of drug-likeness (QED) is 0.397. The van der Waals surface area contributed by atoms with E-state index in [2.05, 4.69) is 4.89 Å². The van der Waals surface area contributed by atoms with E-state index in [1.54, 1.807) is 32.1 Å². The zero-order valence-electron chi connectivity index (χ0n) is 11.8. The molecular weight excluding hydrogens is 271 g/mol. The molecule has 0 saturated heterocycles. The molecule has 0 atom stereocenters. The first-order valence-electron chi connectivity index (χ1n) is 6.42. The van der Waals surface area contributed by atoms with Gasteiger partial charge in [-0.15, -0.1) is 0 Å². The van der Waals surface area contributed by atoms with Crippen molar-refractivity contribution in [3.63, 3.8) is 0 Å². The summed E-state index contributed by atoms with van der Waals surface area (Å²) in [7, 11) is 0. The van der Waals surface area contributed by atoms with Gasteiger partial charge >= 0.3 is 0 Å². The van der Waals surface area contributed by atoms with Crippen LogP contribution in [0.3, 0.4) is 0 Å². The predicted octanol–water partition coefficient (Wildman–Crippen LogP) is 4.19. The first-order chi connectivity index (χ1) is 10.0. The molecule has 2 aromatic carbocycles. The fraction of sp³-hybridized carbons (Fsp3) is 0.118. The van der Waals surface area contributed by atoms with Crippen LogP contribution in [0.2, 0.25) is 0 Å². The molecular formula is C17H15FO3. The van der Waals surface area contributed by atoms with Crippen LogP contribution in [0.15, 0.2) is 42.5 Å². The molecule has 0 aromatic heterocycles. The molecule has 2 rings (SSSR count). The standard InChI is InChI=1S/C17H15FO3/c1-11-9-13(10-12(2)17(11)21-20)3-8-16(19)14-4-6-15(18)7-5-14/h3-10,20H,1-2H3/b8-3+. The molecule has 4 heteroatoms. The van der Waals surface area contributed by atoms with Crippen molar-refractivity contribution >= 4 is 11.9 Å². The summed E-state index contributed by atoms with van der Waals surface area (Å²) in [6.45, 7) is 3.61. The number of allylic oxidation sites excluding steroid dienone is 1. The van der Waals surface area contributed by atoms with Gasteiger partial charge in [0, 0.05) is 5.56 Å². The minimum atomic E-state index is -0.374. The number of hydrogen-bond donors (Lipinski definition) is 1. The third-order valence-electron chi connectivity index (χ3n) is 3.13. The van der Waals surface area contributed by atoms with Gasteiger partial charge in [0.15, 0.2) is 11.5 Å². The molecule has 0 fully saturated rings. The summed E-state index contributed by atoms with van der Waals surface area (Å²) in [5.41, 5.74) is 2.79. The molecule has 0 aliphatic rings. The van der Waals surface area contributed by atoms with Gasteiger partial charge < -0.3 is 4.89 Å². The molecule has 0 spiro atoms. The van der Waals surface area contributed by atoms with Crippen molar-refractivity contribution in [3.8, 4) is 5.75 Å². The highest BCUT2D eigenvalue weighted by molar-refractivity contribution is 6.06. The predicted molar refractivity (Wildman–Crippen MR) is 78.9 cm³/mol. The first kappa shape index (κ1) is 14.9. The lowest BCUT2D eigenvalue weighted by atomic mass is 10.0. The minimum absolute atomic E-state index is 0.201. The van der Waals surface area contributed by atoms with Crippen LogP contribution in [0.4, 0.5) is 4.39 Å². The third-order valence-corrected chi connectivity index (χ3v) is 3.13. The zero-order valence-corrected chi connectivity index (χ0v) is 11.8. The van der Waals surface area contributed by atoms with E-state index in [0.717, 1.165) is 16.7 Å². The lowest BCUT2D eigenvalue weighted by Gasteiger charge is -2.07. The molecule has 1 N–H and O–H groups in total. The fourth-order valence-electron chi connectivity index (χ4n) is 2.11. The van der Waals surface area contributed by atoms with E-state index in [1.807, 2.05) is 0 Å². The van der Waals surface area contributed by atoms with Crippen LogP contribution in [0, 0.1) is 19.7 Å². The molecule has 0 bridgehead atoms. The van der Waals surface area contributed by atoms with Crippen LogP contribution in [0.5, 0.6) is 5.75 Å². The number of benzene rings is 2. The van der Waals surface area contributed by atoms with Gasteiger partial charge in [-0.2, -0.15) is 0 Å². The molecule has 21 heavy (non-hydrogen) atoms. The number of hydrogen-bond acceptors (Lipinski definition) is 3. The van der Waals surface area contributed by atoms with Crippen LogP contribution in [0.1, 0.15) is 27.0 Å². The highest BCUT2D eigenvalue weighted by atomic mass is 19.1. The first-order valence-corrected chi connectivity index (χ1v) is 6.42. The molecule has 3 nitrogen and oxygen atoms in total. The number of rotatable bonds is 4. The van der Waals surface area contributed by atoms with Crippen molar-refractivity contribution in [2.24, 2.45) is 0 Å². The molecule has 0 aliphatic heterocycles. The van der Waals surface area contributed by atoms with Crippen molar-refractivity contribution in [1.82, 2.24) is 0 Å². The van der Waals surface area contributed by atoms with Gasteiger partial charge in [-0.1, -0.05) is 6.08 Å². The Morgan fingerprint density at radius 1 is 1.14 bits per heavy atom. The topological polar surface area (TPSA) is 46.5 Å². The van der Waals surface area contributed by atoms with E-state index in [0.29, 0.717) is 11.3 Å². The van der Waals surface area contributed by atoms with E-state index in [-0.39, 0.29) is 11.6 Å². The van der Waals surface area contributed by atoms with Crippen molar-refractivity contribution in [2.75, 3.05) is 0 Å². The van der Waals surface area contributed by atoms with E-state index < -0.39 is 0 Å². The average molecular weight is 286 g/mol. The summed E-state index contributed by atoms with van der Waals surface area (Å²) in [6, 6.07) is 8.99. The minimum Gasteiger partial charge on any atom is -0.340 e. The van der Waals surface area contributed by atoms with Crippen molar-refractivity contribution in [1.29, 1.82) is 0 Å². The van der Waals surface area contributed by atoms with Gasteiger partial charge in [-0.3, -0.25) is 4.79 Å². The van der Waals surface area contributed by atoms with E-state index >= 15 is 0 Å². The molecule has 2 aromatic rings. The van der Waals surface area contributed by atoms with Gasteiger partial charge in [0.1, 0.15) is 5.82 Å². The Morgan fingerprint density at radius 3 is 2.24 bits per heavy atom. The zero-order chi connectivity index (χ0) is 15.4. The lowest BCUT2D eigenvalue weighted by Crippen LogP contribution is -1.95. The van der Waals surface area contributed by atoms with Crippen molar-refractivity contribution in [2.45, 2.75) is 13.8 Å². The summed E-state index contributed by atoms with van der Waals surface area (Å²) < 4.78 is 12.8. The summed E-state index contributed by atoms with van der Waals surface area (Å²) in [5.74, 6) is -0.161. The largest absolute Gasteiger partial charge is 0.340 e. The van der Waals surface area contributed by atoms with Gasteiger partial charge in [0.2, 0.25) is 0 Å². The maximum absolute atomic E-state index is 12.8. The lowest BCUT2D eigenvalue weighted by molar-refractivity contribution is -0.138. The Labute approximate surface area is 122 Å². The maximum Gasteiger partial charge on any atom is 0.185 e. The molecule has 0 aliphatic carbocycles. The van der Waals surface area contributed by atoms with Crippen LogP contribution in [0.25, 0.3) is 6.08 Å². The normalized spacial score (nSPS) is 10.9. The van der Waals surface area contributed by atoms with Crippen LogP contribution in [-0.4, -0.2) is 11.0 Å². The monoisotopic (exact) mass is 286 g/mol. The summed E-state index contributed by atoms with van der Waals surface area (Å²) >= 11 is 0. The number of carbonyl (C=O) groups excluding carboxylic acids is 1. The Hall–Kier alpha value is -2.46.